The second-order valence-corrected chi connectivity index (χ2v) is 3.15. The molecule has 0 saturated heterocycles. The van der Waals surface area contributed by atoms with Gasteiger partial charge < -0.3 is 15.7 Å². The highest BCUT2D eigenvalue weighted by molar-refractivity contribution is 6.21. The molecule has 0 radical (unpaired) electrons. The Morgan fingerprint density at radius 1 is 1.50 bits per heavy atom. The Labute approximate surface area is 103 Å². The van der Waals surface area contributed by atoms with E-state index in [0.29, 0.717) is 12.1 Å². The molecule has 4 N–H and O–H groups in total. The predicted octanol–water partition coefficient (Wildman–Crippen LogP) is 0.434. The van der Waals surface area contributed by atoms with Gasteiger partial charge in [-0.2, -0.15) is 0 Å². The van der Waals surface area contributed by atoms with Crippen LogP contribution in [0.4, 0.5) is 0 Å². The number of oxime groups is 1. The van der Waals surface area contributed by atoms with Crippen molar-refractivity contribution in [1.82, 2.24) is 0 Å². The zero-order chi connectivity index (χ0) is 13.5. The first-order chi connectivity index (χ1) is 8.56. The number of carbonyl (C=O) groups is 1. The van der Waals surface area contributed by atoms with E-state index in [-0.39, 0.29) is 5.84 Å². The van der Waals surface area contributed by atoms with Gasteiger partial charge in [0, 0.05) is 11.1 Å². The van der Waals surface area contributed by atoms with Gasteiger partial charge in [-0.3, -0.25) is 5.41 Å². The van der Waals surface area contributed by atoms with E-state index in [4.69, 9.17) is 16.2 Å². The highest BCUT2D eigenvalue weighted by Gasteiger charge is 2.16. The average Bonchev–Trinajstić information content (AvgIpc) is 2.64. The number of rotatable bonds is 2. The molecule has 0 atom stereocenters. The van der Waals surface area contributed by atoms with E-state index in [2.05, 4.69) is 15.0 Å². The number of aliphatic imine (C=N–C) groups is 1. The van der Waals surface area contributed by atoms with Gasteiger partial charge in [-0.05, 0) is 0 Å². The molecule has 7 nitrogen and oxygen atoms in total. The molecule has 7 heteroatoms. The lowest BCUT2D eigenvalue weighted by Gasteiger charge is -1.94. The van der Waals surface area contributed by atoms with Gasteiger partial charge in [-0.1, -0.05) is 29.4 Å². The lowest BCUT2D eigenvalue weighted by atomic mass is 10.1. The Hall–Kier alpha value is -2.70. The van der Waals surface area contributed by atoms with Crippen molar-refractivity contribution >= 4 is 23.9 Å². The number of nitrogens with two attached hydrogens (primary N) is 1. The Morgan fingerprint density at radius 2 is 2.11 bits per heavy atom. The minimum atomic E-state index is -1.11. The van der Waals surface area contributed by atoms with Crippen LogP contribution in [0.25, 0.3) is 0 Å². The lowest BCUT2D eigenvalue weighted by molar-refractivity contribution is -0.129. The van der Waals surface area contributed by atoms with Crippen LogP contribution < -0.4 is 5.73 Å². The van der Waals surface area contributed by atoms with E-state index < -0.39 is 5.97 Å². The van der Waals surface area contributed by atoms with Crippen LogP contribution in [-0.2, 0) is 9.63 Å². The number of hydrogen-bond donors (Lipinski definition) is 3. The Morgan fingerprint density at radius 3 is 2.56 bits per heavy atom. The van der Waals surface area contributed by atoms with Crippen molar-refractivity contribution < 1.29 is 14.7 Å². The first-order valence-electron chi connectivity index (χ1n) is 4.88. The lowest BCUT2D eigenvalue weighted by Crippen LogP contribution is -2.09. The molecule has 0 fully saturated rings. The number of fused-ring (bicyclic) bond motifs is 1. The summed E-state index contributed by atoms with van der Waals surface area (Å²) in [4.78, 5) is 17.4. The first-order valence-corrected chi connectivity index (χ1v) is 4.88. The summed E-state index contributed by atoms with van der Waals surface area (Å²) in [5.74, 6) is -0.398. The van der Waals surface area contributed by atoms with E-state index in [1.807, 2.05) is 24.3 Å². The van der Waals surface area contributed by atoms with Gasteiger partial charge >= 0.3 is 5.97 Å². The van der Waals surface area contributed by atoms with Crippen LogP contribution in [0.1, 0.15) is 11.1 Å². The fourth-order valence-electron chi connectivity index (χ4n) is 1.25. The van der Waals surface area contributed by atoms with Crippen LogP contribution in [0.3, 0.4) is 0 Å². The number of hydrogen-bond acceptors (Lipinski definition) is 5. The van der Waals surface area contributed by atoms with E-state index in [9.17, 15) is 4.79 Å². The van der Waals surface area contributed by atoms with Crippen LogP contribution in [0.5, 0.6) is 0 Å². The number of aliphatic carboxylic acids is 1. The van der Waals surface area contributed by atoms with E-state index in [1.165, 1.54) is 7.11 Å². The predicted molar refractivity (Wildman–Crippen MR) is 67.1 cm³/mol. The summed E-state index contributed by atoms with van der Waals surface area (Å²) in [5.41, 5.74) is 7.24. The van der Waals surface area contributed by atoms with Gasteiger partial charge in [-0.15, -0.1) is 0 Å². The molecule has 1 heterocycles. The Kier molecular flexibility index (Phi) is 4.56. The fraction of sp³-hybridized carbons (Fsp3) is 0.0909. The van der Waals surface area contributed by atoms with Crippen LogP contribution in [0.2, 0.25) is 0 Å². The minimum Gasteiger partial charge on any atom is -0.477 e. The molecule has 0 amide bonds. The molecule has 0 saturated carbocycles. The normalized spacial score (nSPS) is 12.5. The first kappa shape index (κ1) is 13.4. The molecule has 1 aromatic carbocycles. The topological polar surface area (TPSA) is 121 Å². The second kappa shape index (κ2) is 6.14. The van der Waals surface area contributed by atoms with Crippen molar-refractivity contribution in [2.75, 3.05) is 7.11 Å². The van der Waals surface area contributed by atoms with Crippen LogP contribution >= 0.6 is 0 Å². The summed E-state index contributed by atoms with van der Waals surface area (Å²) < 4.78 is 0. The molecule has 0 bridgehead atoms. The highest BCUT2D eigenvalue weighted by Crippen LogP contribution is 2.15. The van der Waals surface area contributed by atoms with Crippen molar-refractivity contribution in [3.05, 3.63) is 35.4 Å². The third kappa shape index (κ3) is 3.41. The average molecular weight is 248 g/mol. The summed E-state index contributed by atoms with van der Waals surface area (Å²) in [6, 6.07) is 7.48. The number of benzene rings is 1. The number of nitrogens with zero attached hydrogens (tertiary/aromatic N) is 2. The molecular formula is C11H12N4O3. The van der Waals surface area contributed by atoms with E-state index >= 15 is 0 Å². The van der Waals surface area contributed by atoms with Gasteiger partial charge in [0.05, 0.1) is 0 Å². The number of nitrogens with one attached hydrogen (secondary N) is 1. The molecule has 1 aromatic rings. The summed E-state index contributed by atoms with van der Waals surface area (Å²) >= 11 is 0. The van der Waals surface area contributed by atoms with Crippen LogP contribution in [0.15, 0.2) is 34.4 Å². The molecule has 0 aromatic heterocycles. The fourth-order valence-corrected chi connectivity index (χ4v) is 1.25. The number of carboxylic acid groups (broad SMARTS) is 1. The molecule has 2 rings (SSSR count). The smallest absolute Gasteiger partial charge is 0.350 e. The molecule has 1 aliphatic rings. The largest absolute Gasteiger partial charge is 0.477 e. The molecule has 1 aliphatic heterocycles. The SMILES string of the molecule is CON=CC(=O)O.N=C1N=C(N)c2ccccc21. The van der Waals surface area contributed by atoms with Crippen LogP contribution in [-0.4, -0.2) is 36.1 Å². The van der Waals surface area contributed by atoms with Gasteiger partial charge in [0.15, 0.2) is 12.1 Å². The zero-order valence-electron chi connectivity index (χ0n) is 9.62. The van der Waals surface area contributed by atoms with Gasteiger partial charge in [0.1, 0.15) is 12.9 Å². The van der Waals surface area contributed by atoms with Crippen molar-refractivity contribution in [1.29, 1.82) is 5.41 Å². The summed E-state index contributed by atoms with van der Waals surface area (Å²) in [6.07, 6.45) is 0.667. The van der Waals surface area contributed by atoms with Crippen molar-refractivity contribution in [3.8, 4) is 0 Å². The maximum atomic E-state index is 9.53. The molecule has 0 aliphatic carbocycles. The summed E-state index contributed by atoms with van der Waals surface area (Å²) in [5, 5.41) is 18.2. The van der Waals surface area contributed by atoms with E-state index in [0.717, 1.165) is 11.1 Å². The molecule has 0 spiro atoms. The summed E-state index contributed by atoms with van der Waals surface area (Å²) in [6.45, 7) is 0. The third-order valence-corrected chi connectivity index (χ3v) is 1.96. The Balaban J connectivity index is 0.000000203. The van der Waals surface area contributed by atoms with Crippen LogP contribution in [0, 0.1) is 5.41 Å². The maximum absolute atomic E-state index is 9.53. The standard InChI is InChI=1S/C8H7N3.C3H5NO3/c9-7-5-3-1-2-4-6(5)8(10)11-7;1-7-4-2-3(5)6/h1-4H,(H3,9,10,11);2H,1H3,(H,5,6). The van der Waals surface area contributed by atoms with Gasteiger partial charge in [0.25, 0.3) is 0 Å². The number of carboxylic acids is 1. The minimum absolute atomic E-state index is 0.262. The quantitative estimate of drug-likeness (QED) is 0.519. The molecule has 0 unspecified atom stereocenters. The maximum Gasteiger partial charge on any atom is 0.350 e. The van der Waals surface area contributed by atoms with Crippen molar-refractivity contribution in [2.45, 2.75) is 0 Å². The summed E-state index contributed by atoms with van der Waals surface area (Å²) in [7, 11) is 1.28. The van der Waals surface area contributed by atoms with Gasteiger partial charge in [-0.25, -0.2) is 9.79 Å². The second-order valence-electron chi connectivity index (χ2n) is 3.15. The molecule has 18 heavy (non-hydrogen) atoms. The monoisotopic (exact) mass is 248 g/mol. The molecule has 94 valence electrons. The third-order valence-electron chi connectivity index (χ3n) is 1.96. The molecular weight excluding hydrogens is 236 g/mol. The zero-order valence-corrected chi connectivity index (χ0v) is 9.62. The van der Waals surface area contributed by atoms with E-state index in [1.54, 1.807) is 0 Å². The van der Waals surface area contributed by atoms with Crippen molar-refractivity contribution in [2.24, 2.45) is 15.9 Å². The number of amidine groups is 2. The highest BCUT2D eigenvalue weighted by atomic mass is 16.6. The Bertz CT molecular complexity index is 523. The van der Waals surface area contributed by atoms with Crippen molar-refractivity contribution in [3.63, 3.8) is 0 Å². The van der Waals surface area contributed by atoms with Gasteiger partial charge in [0.2, 0.25) is 0 Å².